The number of nitrogens with one attached hydrogen (secondary N) is 2. The van der Waals surface area contributed by atoms with E-state index < -0.39 is 10.0 Å². The highest BCUT2D eigenvalue weighted by molar-refractivity contribution is 7.91. The van der Waals surface area contributed by atoms with E-state index in [0.717, 1.165) is 24.2 Å². The first-order chi connectivity index (χ1) is 9.56. The van der Waals surface area contributed by atoms with Crippen molar-refractivity contribution in [2.45, 2.75) is 57.2 Å². The van der Waals surface area contributed by atoms with Crippen molar-refractivity contribution in [3.8, 4) is 0 Å². The van der Waals surface area contributed by atoms with Crippen LogP contribution in [-0.2, 0) is 10.0 Å². The van der Waals surface area contributed by atoms with Gasteiger partial charge in [0.05, 0.1) is 0 Å². The third-order valence-electron chi connectivity index (χ3n) is 5.57. The quantitative estimate of drug-likeness (QED) is 0.892. The van der Waals surface area contributed by atoms with Crippen molar-refractivity contribution >= 4 is 21.4 Å². The van der Waals surface area contributed by atoms with Gasteiger partial charge in [-0.05, 0) is 42.9 Å². The van der Waals surface area contributed by atoms with Crippen molar-refractivity contribution in [1.82, 2.24) is 9.71 Å². The molecule has 118 valence electrons. The highest BCUT2D eigenvalue weighted by Gasteiger charge is 2.60. The monoisotopic (exact) mass is 330 g/mol. The summed E-state index contributed by atoms with van der Waals surface area (Å²) < 4.78 is 28.4. The van der Waals surface area contributed by atoms with E-state index in [4.69, 9.17) is 0 Å². The third-order valence-corrected chi connectivity index (χ3v) is 8.60. The fourth-order valence-corrected chi connectivity index (χ4v) is 7.30. The molecular weight excluding hydrogens is 308 g/mol. The molecule has 2 aliphatic rings. The largest absolute Gasteiger partial charge is 0.315 e. The number of rotatable bonds is 3. The molecule has 3 atom stereocenters. The molecule has 7 heteroatoms. The number of hydrogen-bond acceptors (Lipinski definition) is 4. The van der Waals surface area contributed by atoms with Gasteiger partial charge in [0.15, 0.2) is 4.21 Å². The number of thiazole rings is 1. The molecule has 3 unspecified atom stereocenters. The minimum Gasteiger partial charge on any atom is -0.315 e. The highest BCUT2D eigenvalue weighted by Crippen LogP contribution is 2.62. The van der Waals surface area contributed by atoms with Gasteiger partial charge in [0.25, 0.3) is 10.0 Å². The van der Waals surface area contributed by atoms with Crippen LogP contribution in [-0.4, -0.2) is 19.4 Å². The molecular formula is C14H22N2O3S2. The van der Waals surface area contributed by atoms with Crippen molar-refractivity contribution in [1.29, 1.82) is 0 Å². The first-order valence-electron chi connectivity index (χ1n) is 7.28. The van der Waals surface area contributed by atoms with Gasteiger partial charge in [-0.25, -0.2) is 13.1 Å². The molecule has 0 spiro atoms. The molecule has 21 heavy (non-hydrogen) atoms. The number of hydrogen-bond donors (Lipinski definition) is 2. The van der Waals surface area contributed by atoms with E-state index in [1.54, 1.807) is 6.92 Å². The molecule has 1 aromatic heterocycles. The van der Waals surface area contributed by atoms with Crippen LogP contribution in [0.3, 0.4) is 0 Å². The standard InChI is InChI=1S/C14H22N2O3S2/c1-8-10(20-12(17)15-8)21(18,19)16-11-13(2,3)9-5-6-14(11,4)7-9/h9,11,16H,5-7H2,1-4H3,(H,15,17). The summed E-state index contributed by atoms with van der Waals surface area (Å²) in [5.41, 5.74) is 0.398. The lowest BCUT2D eigenvalue weighted by molar-refractivity contribution is 0.127. The first-order valence-corrected chi connectivity index (χ1v) is 9.58. The predicted octanol–water partition coefficient (Wildman–Crippen LogP) is 2.24. The molecule has 0 saturated heterocycles. The van der Waals surface area contributed by atoms with Gasteiger partial charge >= 0.3 is 4.87 Å². The van der Waals surface area contributed by atoms with Crippen LogP contribution in [0.1, 0.15) is 45.7 Å². The molecule has 2 bridgehead atoms. The van der Waals surface area contributed by atoms with E-state index in [9.17, 15) is 13.2 Å². The second-order valence-electron chi connectivity index (χ2n) is 7.40. The zero-order valence-electron chi connectivity index (χ0n) is 12.8. The lowest BCUT2D eigenvalue weighted by atomic mass is 9.69. The maximum Gasteiger partial charge on any atom is 0.305 e. The van der Waals surface area contributed by atoms with Gasteiger partial charge in [0, 0.05) is 11.7 Å². The van der Waals surface area contributed by atoms with Gasteiger partial charge in [-0.2, -0.15) is 0 Å². The second kappa shape index (κ2) is 4.43. The number of fused-ring (bicyclic) bond motifs is 2. The number of aryl methyl sites for hydroxylation is 1. The highest BCUT2D eigenvalue weighted by atomic mass is 32.2. The van der Waals surface area contributed by atoms with Crippen LogP contribution in [0, 0.1) is 23.7 Å². The molecule has 2 N–H and O–H groups in total. The lowest BCUT2D eigenvalue weighted by Gasteiger charge is -2.42. The third kappa shape index (κ3) is 2.21. The van der Waals surface area contributed by atoms with E-state index in [0.29, 0.717) is 11.6 Å². The van der Waals surface area contributed by atoms with Gasteiger partial charge in [0.1, 0.15) is 0 Å². The van der Waals surface area contributed by atoms with Crippen LogP contribution in [0.25, 0.3) is 0 Å². The summed E-state index contributed by atoms with van der Waals surface area (Å²) in [6.45, 7) is 8.12. The van der Waals surface area contributed by atoms with Crippen LogP contribution in [0.15, 0.2) is 9.00 Å². The minimum atomic E-state index is -3.65. The average molecular weight is 330 g/mol. The van der Waals surface area contributed by atoms with Crippen LogP contribution in [0.2, 0.25) is 0 Å². The molecule has 2 saturated carbocycles. The summed E-state index contributed by atoms with van der Waals surface area (Å²) in [7, 11) is -3.65. The Morgan fingerprint density at radius 2 is 2.00 bits per heavy atom. The van der Waals surface area contributed by atoms with E-state index in [1.807, 2.05) is 0 Å². The zero-order chi connectivity index (χ0) is 15.6. The van der Waals surface area contributed by atoms with Crippen molar-refractivity contribution in [3.63, 3.8) is 0 Å². The van der Waals surface area contributed by atoms with Gasteiger partial charge < -0.3 is 4.98 Å². The Morgan fingerprint density at radius 1 is 1.33 bits per heavy atom. The Morgan fingerprint density at radius 3 is 2.48 bits per heavy atom. The predicted molar refractivity (Wildman–Crippen MR) is 83.0 cm³/mol. The van der Waals surface area contributed by atoms with Crippen molar-refractivity contribution < 1.29 is 8.42 Å². The van der Waals surface area contributed by atoms with Gasteiger partial charge in [-0.3, -0.25) is 4.79 Å². The summed E-state index contributed by atoms with van der Waals surface area (Å²) in [6, 6.07) is -0.0784. The van der Waals surface area contributed by atoms with Crippen LogP contribution in [0.4, 0.5) is 0 Å². The normalized spacial score (nSPS) is 34.5. The van der Waals surface area contributed by atoms with E-state index in [-0.39, 0.29) is 26.0 Å². The molecule has 1 aromatic rings. The molecule has 2 fully saturated rings. The number of aromatic amines is 1. The van der Waals surface area contributed by atoms with Gasteiger partial charge in [-0.1, -0.05) is 32.1 Å². The van der Waals surface area contributed by atoms with Crippen molar-refractivity contribution in [3.05, 3.63) is 15.4 Å². The maximum absolute atomic E-state index is 12.7. The number of sulfonamides is 1. The molecule has 1 heterocycles. The number of H-pyrrole nitrogens is 1. The van der Waals surface area contributed by atoms with Crippen LogP contribution in [0.5, 0.6) is 0 Å². The van der Waals surface area contributed by atoms with Crippen LogP contribution >= 0.6 is 11.3 Å². The molecule has 0 amide bonds. The Bertz CT molecular complexity index is 727. The summed E-state index contributed by atoms with van der Waals surface area (Å²) in [5, 5.41) is 0. The van der Waals surface area contributed by atoms with E-state index >= 15 is 0 Å². The van der Waals surface area contributed by atoms with Gasteiger partial charge in [0.2, 0.25) is 0 Å². The second-order valence-corrected chi connectivity index (χ2v) is 10.3. The van der Waals surface area contributed by atoms with E-state index in [2.05, 4.69) is 30.5 Å². The maximum atomic E-state index is 12.7. The zero-order valence-corrected chi connectivity index (χ0v) is 14.5. The summed E-state index contributed by atoms with van der Waals surface area (Å²) >= 11 is 0.762. The Kier molecular flexibility index (Phi) is 3.21. The fraction of sp³-hybridized carbons (Fsp3) is 0.786. The summed E-state index contributed by atoms with van der Waals surface area (Å²) in [5.74, 6) is 0.571. The smallest absolute Gasteiger partial charge is 0.305 e. The minimum absolute atomic E-state index is 0.0242. The Balaban J connectivity index is 1.96. The molecule has 0 radical (unpaired) electrons. The molecule has 0 aromatic carbocycles. The van der Waals surface area contributed by atoms with Gasteiger partial charge in [-0.15, -0.1) is 0 Å². The first kappa shape index (κ1) is 15.2. The molecule has 2 aliphatic carbocycles. The van der Waals surface area contributed by atoms with Crippen LogP contribution < -0.4 is 9.60 Å². The number of aromatic nitrogens is 1. The Hall–Kier alpha value is -0.660. The molecule has 0 aliphatic heterocycles. The fourth-order valence-electron chi connectivity index (χ4n) is 4.45. The average Bonchev–Trinajstić information content (AvgIpc) is 2.94. The topological polar surface area (TPSA) is 79.0 Å². The van der Waals surface area contributed by atoms with Crippen molar-refractivity contribution in [2.75, 3.05) is 0 Å². The lowest BCUT2D eigenvalue weighted by Crippen LogP contribution is -2.52. The molecule has 5 nitrogen and oxygen atoms in total. The Labute approximate surface area is 129 Å². The summed E-state index contributed by atoms with van der Waals surface area (Å²) in [4.78, 5) is 13.6. The van der Waals surface area contributed by atoms with Crippen molar-refractivity contribution in [2.24, 2.45) is 16.7 Å². The summed E-state index contributed by atoms with van der Waals surface area (Å²) in [6.07, 6.45) is 3.32. The molecule has 3 rings (SSSR count). The SMILES string of the molecule is Cc1[nH]c(=O)sc1S(=O)(=O)NC1C2(C)CCC(C2)C1(C)C. The van der Waals surface area contributed by atoms with E-state index in [1.165, 1.54) is 6.42 Å².